The van der Waals surface area contributed by atoms with Gasteiger partial charge in [-0.3, -0.25) is 9.59 Å². The second-order valence-electron chi connectivity index (χ2n) is 6.23. The maximum Gasteiger partial charge on any atom is 0.274 e. The van der Waals surface area contributed by atoms with Crippen molar-refractivity contribution in [1.82, 2.24) is 4.98 Å². The number of hydrogen-bond acceptors (Lipinski definition) is 5. The van der Waals surface area contributed by atoms with Crippen molar-refractivity contribution in [2.75, 3.05) is 23.8 Å². The van der Waals surface area contributed by atoms with E-state index < -0.39 is 11.8 Å². The molecule has 2 N–H and O–H groups in total. The SMILES string of the molecule is CCOc1ccc(NC(=O)c2cccc(C(=O)Nc3ccc(OCC)cc3)n2)cc1. The highest BCUT2D eigenvalue weighted by Crippen LogP contribution is 2.18. The minimum Gasteiger partial charge on any atom is -0.494 e. The van der Waals surface area contributed by atoms with Crippen molar-refractivity contribution >= 4 is 23.2 Å². The molecular weight excluding hydrogens is 382 g/mol. The Bertz CT molecular complexity index is 923. The molecule has 0 aliphatic carbocycles. The van der Waals surface area contributed by atoms with Crippen LogP contribution in [0, 0.1) is 0 Å². The highest BCUT2D eigenvalue weighted by Gasteiger charge is 2.13. The van der Waals surface area contributed by atoms with Crippen molar-refractivity contribution in [2.45, 2.75) is 13.8 Å². The van der Waals surface area contributed by atoms with Gasteiger partial charge >= 0.3 is 0 Å². The predicted octanol–water partition coefficient (Wildman–Crippen LogP) is 4.38. The molecule has 0 bridgehead atoms. The molecule has 7 heteroatoms. The van der Waals surface area contributed by atoms with E-state index in [9.17, 15) is 9.59 Å². The lowest BCUT2D eigenvalue weighted by Crippen LogP contribution is -2.18. The van der Waals surface area contributed by atoms with Gasteiger partial charge in [0.05, 0.1) is 13.2 Å². The van der Waals surface area contributed by atoms with Crippen molar-refractivity contribution < 1.29 is 19.1 Å². The maximum atomic E-state index is 12.5. The standard InChI is InChI=1S/C23H23N3O4/c1-3-29-18-12-8-16(9-13-18)24-22(27)20-6-5-7-21(26-20)23(28)25-17-10-14-19(15-11-17)30-4-2/h5-15H,3-4H2,1-2H3,(H,24,27)(H,25,28). The van der Waals surface area contributed by atoms with Gasteiger partial charge in [0.25, 0.3) is 11.8 Å². The summed E-state index contributed by atoms with van der Waals surface area (Å²) in [7, 11) is 0. The summed E-state index contributed by atoms with van der Waals surface area (Å²) in [6, 6.07) is 18.8. The third-order valence-electron chi connectivity index (χ3n) is 4.06. The van der Waals surface area contributed by atoms with Crippen LogP contribution in [-0.4, -0.2) is 30.0 Å². The Balaban J connectivity index is 1.65. The number of pyridine rings is 1. The Morgan fingerprint density at radius 1 is 0.700 bits per heavy atom. The van der Waals surface area contributed by atoms with Crippen LogP contribution in [0.4, 0.5) is 11.4 Å². The van der Waals surface area contributed by atoms with Gasteiger partial charge in [0.15, 0.2) is 0 Å². The van der Waals surface area contributed by atoms with Gasteiger partial charge < -0.3 is 20.1 Å². The largest absolute Gasteiger partial charge is 0.494 e. The minimum absolute atomic E-state index is 0.142. The fourth-order valence-corrected chi connectivity index (χ4v) is 2.68. The van der Waals surface area contributed by atoms with Gasteiger partial charge in [0.2, 0.25) is 0 Å². The monoisotopic (exact) mass is 405 g/mol. The molecule has 3 rings (SSSR count). The van der Waals surface area contributed by atoms with Crippen molar-refractivity contribution in [3.05, 3.63) is 78.1 Å². The lowest BCUT2D eigenvalue weighted by molar-refractivity contribution is 0.101. The van der Waals surface area contributed by atoms with Gasteiger partial charge in [-0.2, -0.15) is 0 Å². The third-order valence-corrected chi connectivity index (χ3v) is 4.06. The number of carbonyl (C=O) groups is 2. The van der Waals surface area contributed by atoms with Crippen molar-refractivity contribution in [2.24, 2.45) is 0 Å². The van der Waals surface area contributed by atoms with E-state index in [-0.39, 0.29) is 11.4 Å². The molecule has 0 spiro atoms. The molecule has 3 aromatic rings. The molecule has 2 aromatic carbocycles. The highest BCUT2D eigenvalue weighted by molar-refractivity contribution is 6.06. The molecule has 0 aliphatic heterocycles. The van der Waals surface area contributed by atoms with E-state index in [1.807, 2.05) is 13.8 Å². The lowest BCUT2D eigenvalue weighted by Gasteiger charge is -2.09. The zero-order valence-corrected chi connectivity index (χ0v) is 16.8. The van der Waals surface area contributed by atoms with E-state index in [1.54, 1.807) is 66.7 Å². The molecule has 30 heavy (non-hydrogen) atoms. The molecule has 154 valence electrons. The van der Waals surface area contributed by atoms with Gasteiger partial charge in [-0.15, -0.1) is 0 Å². The van der Waals surface area contributed by atoms with Crippen molar-refractivity contribution in [1.29, 1.82) is 0 Å². The van der Waals surface area contributed by atoms with Crippen LogP contribution in [0.15, 0.2) is 66.7 Å². The Labute approximate surface area is 175 Å². The summed E-state index contributed by atoms with van der Waals surface area (Å²) in [5.74, 6) is 0.632. The van der Waals surface area contributed by atoms with Crippen LogP contribution in [0.5, 0.6) is 11.5 Å². The molecule has 7 nitrogen and oxygen atoms in total. The third kappa shape index (κ3) is 5.57. The Morgan fingerprint density at radius 2 is 1.10 bits per heavy atom. The van der Waals surface area contributed by atoms with Gasteiger partial charge in [-0.25, -0.2) is 4.98 Å². The number of nitrogens with one attached hydrogen (secondary N) is 2. The van der Waals surface area contributed by atoms with E-state index in [4.69, 9.17) is 9.47 Å². The lowest BCUT2D eigenvalue weighted by atomic mass is 10.2. The second kappa shape index (κ2) is 10.1. The first-order valence-corrected chi connectivity index (χ1v) is 9.64. The molecule has 1 aromatic heterocycles. The number of carbonyl (C=O) groups excluding carboxylic acids is 2. The normalized spacial score (nSPS) is 10.2. The second-order valence-corrected chi connectivity index (χ2v) is 6.23. The minimum atomic E-state index is -0.408. The zero-order valence-electron chi connectivity index (χ0n) is 16.8. The summed E-state index contributed by atoms with van der Waals surface area (Å²) in [5.41, 5.74) is 1.50. The average Bonchev–Trinajstić information content (AvgIpc) is 2.77. The number of anilines is 2. The van der Waals surface area contributed by atoms with Crippen LogP contribution < -0.4 is 20.1 Å². The van der Waals surface area contributed by atoms with Crippen LogP contribution in [0.2, 0.25) is 0 Å². The first kappa shape index (κ1) is 20.9. The molecule has 1 heterocycles. The molecule has 0 saturated heterocycles. The van der Waals surface area contributed by atoms with E-state index in [1.165, 1.54) is 0 Å². The molecule has 0 aliphatic rings. The van der Waals surface area contributed by atoms with Crippen LogP contribution in [-0.2, 0) is 0 Å². The van der Waals surface area contributed by atoms with E-state index >= 15 is 0 Å². The fourth-order valence-electron chi connectivity index (χ4n) is 2.68. The van der Waals surface area contributed by atoms with Gasteiger partial charge in [0, 0.05) is 11.4 Å². The number of benzene rings is 2. The summed E-state index contributed by atoms with van der Waals surface area (Å²) in [5, 5.41) is 5.52. The van der Waals surface area contributed by atoms with Crippen molar-refractivity contribution in [3.63, 3.8) is 0 Å². The van der Waals surface area contributed by atoms with Crippen molar-refractivity contribution in [3.8, 4) is 11.5 Å². The number of nitrogens with zero attached hydrogens (tertiary/aromatic N) is 1. The average molecular weight is 405 g/mol. The number of rotatable bonds is 8. The Kier molecular flexibility index (Phi) is 7.00. The molecule has 0 radical (unpaired) electrons. The maximum absolute atomic E-state index is 12.5. The van der Waals surface area contributed by atoms with Crippen LogP contribution >= 0.6 is 0 Å². The number of amides is 2. The van der Waals surface area contributed by atoms with Crippen LogP contribution in [0.3, 0.4) is 0 Å². The fraction of sp³-hybridized carbons (Fsp3) is 0.174. The summed E-state index contributed by atoms with van der Waals surface area (Å²) in [6.45, 7) is 4.95. The Hall–Kier alpha value is -3.87. The summed E-state index contributed by atoms with van der Waals surface area (Å²) in [6.07, 6.45) is 0. The number of aromatic nitrogens is 1. The van der Waals surface area contributed by atoms with Crippen LogP contribution in [0.25, 0.3) is 0 Å². The molecule has 0 fully saturated rings. The first-order chi connectivity index (χ1) is 14.6. The zero-order chi connectivity index (χ0) is 21.3. The summed E-state index contributed by atoms with van der Waals surface area (Å²) in [4.78, 5) is 29.2. The molecule has 0 saturated carbocycles. The van der Waals surface area contributed by atoms with E-state index in [0.717, 1.165) is 11.5 Å². The van der Waals surface area contributed by atoms with Gasteiger partial charge in [-0.05, 0) is 74.5 Å². The highest BCUT2D eigenvalue weighted by atomic mass is 16.5. The number of hydrogen-bond donors (Lipinski definition) is 2. The quantitative estimate of drug-likeness (QED) is 0.580. The van der Waals surface area contributed by atoms with Gasteiger partial charge in [-0.1, -0.05) is 6.07 Å². The molecule has 0 unspecified atom stereocenters. The Morgan fingerprint density at radius 3 is 1.47 bits per heavy atom. The molecule has 2 amide bonds. The van der Waals surface area contributed by atoms with E-state index in [0.29, 0.717) is 24.6 Å². The summed E-state index contributed by atoms with van der Waals surface area (Å²) >= 11 is 0. The van der Waals surface area contributed by atoms with E-state index in [2.05, 4.69) is 15.6 Å². The van der Waals surface area contributed by atoms with Gasteiger partial charge in [0.1, 0.15) is 22.9 Å². The predicted molar refractivity (Wildman–Crippen MR) is 115 cm³/mol. The summed E-state index contributed by atoms with van der Waals surface area (Å²) < 4.78 is 10.8. The first-order valence-electron chi connectivity index (χ1n) is 9.64. The smallest absolute Gasteiger partial charge is 0.274 e. The molecule has 0 atom stereocenters. The van der Waals surface area contributed by atoms with Crippen LogP contribution in [0.1, 0.15) is 34.8 Å². The number of ether oxygens (including phenoxy) is 2. The molecular formula is C23H23N3O4. The topological polar surface area (TPSA) is 89.5 Å².